The molecule has 0 saturated carbocycles. The Morgan fingerprint density at radius 3 is 2.55 bits per heavy atom. The van der Waals surface area contributed by atoms with Gasteiger partial charge in [-0.05, 0) is 37.0 Å². The third-order valence-electron chi connectivity index (χ3n) is 3.45. The average molecular weight is 277 g/mol. The van der Waals surface area contributed by atoms with Crippen molar-refractivity contribution in [2.45, 2.75) is 31.9 Å². The molecule has 1 aromatic carbocycles. The van der Waals surface area contributed by atoms with E-state index >= 15 is 0 Å². The Hall–Kier alpha value is -1.88. The molecule has 1 saturated heterocycles. The number of carboxylic acids is 1. The first-order valence-corrected chi connectivity index (χ1v) is 6.77. The van der Waals surface area contributed by atoms with E-state index in [-0.39, 0.29) is 17.6 Å². The summed E-state index contributed by atoms with van der Waals surface area (Å²) in [4.78, 5) is 24.6. The van der Waals surface area contributed by atoms with E-state index in [1.54, 1.807) is 36.2 Å². The zero-order valence-corrected chi connectivity index (χ0v) is 11.5. The van der Waals surface area contributed by atoms with E-state index in [1.165, 1.54) is 0 Å². The monoisotopic (exact) mass is 277 g/mol. The smallest absolute Gasteiger partial charge is 0.335 e. The summed E-state index contributed by atoms with van der Waals surface area (Å²) in [7, 11) is 1.74. The van der Waals surface area contributed by atoms with Crippen LogP contribution in [0.4, 0.5) is 0 Å². The molecular formula is C15H19NO4. The SMILES string of the molecule is CN(Cc1ccc(C(=O)O)cc1)C(=O)[C@@H]1CCCCO1. The van der Waals surface area contributed by atoms with Gasteiger partial charge in [-0.2, -0.15) is 0 Å². The highest BCUT2D eigenvalue weighted by molar-refractivity contribution is 5.87. The lowest BCUT2D eigenvalue weighted by molar-refractivity contribution is -0.145. The number of carbonyl (C=O) groups is 2. The number of hydrogen-bond acceptors (Lipinski definition) is 3. The van der Waals surface area contributed by atoms with Gasteiger partial charge in [0.1, 0.15) is 6.10 Å². The van der Waals surface area contributed by atoms with E-state index in [0.717, 1.165) is 24.8 Å². The van der Waals surface area contributed by atoms with Crippen LogP contribution in [0.15, 0.2) is 24.3 Å². The average Bonchev–Trinajstić information content (AvgIpc) is 2.48. The quantitative estimate of drug-likeness (QED) is 0.913. The number of aromatic carboxylic acids is 1. The van der Waals surface area contributed by atoms with Gasteiger partial charge in [0.2, 0.25) is 0 Å². The summed E-state index contributed by atoms with van der Waals surface area (Å²) in [5.74, 6) is -0.955. The summed E-state index contributed by atoms with van der Waals surface area (Å²) in [6, 6.07) is 6.56. The summed E-state index contributed by atoms with van der Waals surface area (Å²) in [5, 5.41) is 8.83. The summed E-state index contributed by atoms with van der Waals surface area (Å²) in [6.45, 7) is 1.11. The molecule has 1 N–H and O–H groups in total. The number of carboxylic acid groups (broad SMARTS) is 1. The zero-order valence-electron chi connectivity index (χ0n) is 11.5. The number of nitrogens with zero attached hydrogens (tertiary/aromatic N) is 1. The van der Waals surface area contributed by atoms with Crippen molar-refractivity contribution in [2.24, 2.45) is 0 Å². The largest absolute Gasteiger partial charge is 0.478 e. The number of rotatable bonds is 4. The first kappa shape index (κ1) is 14.5. The highest BCUT2D eigenvalue weighted by Crippen LogP contribution is 2.16. The van der Waals surface area contributed by atoms with Gasteiger partial charge in [0.05, 0.1) is 5.56 Å². The molecule has 0 aliphatic carbocycles. The Balaban J connectivity index is 1.94. The third kappa shape index (κ3) is 3.57. The molecule has 1 heterocycles. The molecule has 1 atom stereocenters. The van der Waals surface area contributed by atoms with Gasteiger partial charge in [-0.15, -0.1) is 0 Å². The van der Waals surface area contributed by atoms with Crippen LogP contribution in [0.2, 0.25) is 0 Å². The minimum atomic E-state index is -0.948. The molecule has 1 aromatic rings. The van der Waals surface area contributed by atoms with E-state index < -0.39 is 5.97 Å². The van der Waals surface area contributed by atoms with Crippen LogP contribution in [0.5, 0.6) is 0 Å². The normalized spacial score (nSPS) is 18.6. The zero-order chi connectivity index (χ0) is 14.5. The van der Waals surface area contributed by atoms with Gasteiger partial charge in [-0.25, -0.2) is 4.79 Å². The van der Waals surface area contributed by atoms with Crippen molar-refractivity contribution < 1.29 is 19.4 Å². The van der Waals surface area contributed by atoms with Gasteiger partial charge in [-0.1, -0.05) is 12.1 Å². The molecule has 0 unspecified atom stereocenters. The van der Waals surface area contributed by atoms with Crippen molar-refractivity contribution in [1.29, 1.82) is 0 Å². The number of benzene rings is 1. The fraction of sp³-hybridized carbons (Fsp3) is 0.467. The van der Waals surface area contributed by atoms with Crippen molar-refractivity contribution in [3.05, 3.63) is 35.4 Å². The van der Waals surface area contributed by atoms with E-state index in [1.807, 2.05) is 0 Å². The first-order valence-electron chi connectivity index (χ1n) is 6.77. The van der Waals surface area contributed by atoms with Gasteiger partial charge in [0.25, 0.3) is 5.91 Å². The molecule has 1 fully saturated rings. The van der Waals surface area contributed by atoms with Gasteiger partial charge in [-0.3, -0.25) is 4.79 Å². The molecule has 1 aliphatic heterocycles. The minimum Gasteiger partial charge on any atom is -0.478 e. The Bertz CT molecular complexity index is 477. The van der Waals surface area contributed by atoms with Gasteiger partial charge in [0, 0.05) is 20.2 Å². The van der Waals surface area contributed by atoms with Crippen molar-refractivity contribution in [1.82, 2.24) is 4.90 Å². The van der Waals surface area contributed by atoms with Crippen molar-refractivity contribution in [3.63, 3.8) is 0 Å². The van der Waals surface area contributed by atoms with Crippen LogP contribution >= 0.6 is 0 Å². The van der Waals surface area contributed by atoms with Crippen LogP contribution < -0.4 is 0 Å². The molecule has 108 valence electrons. The highest BCUT2D eigenvalue weighted by atomic mass is 16.5. The summed E-state index contributed by atoms with van der Waals surface area (Å²) >= 11 is 0. The van der Waals surface area contributed by atoms with Gasteiger partial charge < -0.3 is 14.7 Å². The van der Waals surface area contributed by atoms with Crippen LogP contribution in [-0.4, -0.2) is 41.6 Å². The third-order valence-corrected chi connectivity index (χ3v) is 3.45. The van der Waals surface area contributed by atoms with Gasteiger partial charge in [0.15, 0.2) is 0 Å². The maximum absolute atomic E-state index is 12.2. The van der Waals surface area contributed by atoms with Crippen molar-refractivity contribution >= 4 is 11.9 Å². The van der Waals surface area contributed by atoms with E-state index in [9.17, 15) is 9.59 Å². The van der Waals surface area contributed by atoms with E-state index in [2.05, 4.69) is 0 Å². The summed E-state index contributed by atoms with van der Waals surface area (Å²) in [5.41, 5.74) is 1.15. The number of ether oxygens (including phenoxy) is 1. The number of hydrogen-bond donors (Lipinski definition) is 1. The molecule has 20 heavy (non-hydrogen) atoms. The molecule has 5 nitrogen and oxygen atoms in total. The predicted molar refractivity (Wildman–Crippen MR) is 73.5 cm³/mol. The van der Waals surface area contributed by atoms with Crippen LogP contribution in [0, 0.1) is 0 Å². The highest BCUT2D eigenvalue weighted by Gasteiger charge is 2.24. The lowest BCUT2D eigenvalue weighted by atomic mass is 10.1. The molecule has 0 bridgehead atoms. The first-order chi connectivity index (χ1) is 9.58. The number of likely N-dealkylation sites (N-methyl/N-ethyl adjacent to an activating group) is 1. The topological polar surface area (TPSA) is 66.8 Å². The molecule has 1 aliphatic rings. The van der Waals surface area contributed by atoms with Gasteiger partial charge >= 0.3 is 5.97 Å². The summed E-state index contributed by atoms with van der Waals surface area (Å²) in [6.07, 6.45) is 2.50. The van der Waals surface area contributed by atoms with Crippen molar-refractivity contribution in [3.8, 4) is 0 Å². The van der Waals surface area contributed by atoms with Crippen LogP contribution in [0.3, 0.4) is 0 Å². The Labute approximate surface area is 118 Å². The predicted octanol–water partition coefficient (Wildman–Crippen LogP) is 1.91. The standard InChI is InChI=1S/C15H19NO4/c1-16(14(17)13-4-2-3-9-20-13)10-11-5-7-12(8-6-11)15(18)19/h5-8,13H,2-4,9-10H2,1H3,(H,18,19)/t13-/m0/s1. The molecule has 5 heteroatoms. The van der Waals surface area contributed by atoms with E-state index in [4.69, 9.17) is 9.84 Å². The van der Waals surface area contributed by atoms with Crippen LogP contribution in [0.25, 0.3) is 0 Å². The molecule has 0 aromatic heterocycles. The fourth-order valence-electron chi connectivity index (χ4n) is 2.29. The van der Waals surface area contributed by atoms with Crippen molar-refractivity contribution in [2.75, 3.05) is 13.7 Å². The second-order valence-corrected chi connectivity index (χ2v) is 5.05. The maximum atomic E-state index is 12.2. The number of carbonyl (C=O) groups excluding carboxylic acids is 1. The fourth-order valence-corrected chi connectivity index (χ4v) is 2.29. The lowest BCUT2D eigenvalue weighted by Crippen LogP contribution is -2.39. The Morgan fingerprint density at radius 2 is 2.00 bits per heavy atom. The Morgan fingerprint density at radius 1 is 1.30 bits per heavy atom. The van der Waals surface area contributed by atoms with Crippen LogP contribution in [-0.2, 0) is 16.1 Å². The maximum Gasteiger partial charge on any atom is 0.335 e. The second kappa shape index (κ2) is 6.52. The molecule has 0 radical (unpaired) electrons. The minimum absolute atomic E-state index is 0.00740. The van der Waals surface area contributed by atoms with E-state index in [0.29, 0.717) is 13.2 Å². The number of amides is 1. The molecule has 0 spiro atoms. The van der Waals surface area contributed by atoms with Crippen LogP contribution in [0.1, 0.15) is 35.2 Å². The molecular weight excluding hydrogens is 258 g/mol. The summed E-state index contributed by atoms with van der Waals surface area (Å²) < 4.78 is 5.48. The molecule has 2 rings (SSSR count). The second-order valence-electron chi connectivity index (χ2n) is 5.05. The Kier molecular flexibility index (Phi) is 4.74. The molecule has 1 amide bonds. The lowest BCUT2D eigenvalue weighted by Gasteiger charge is -2.26.